The van der Waals surface area contributed by atoms with Crippen molar-refractivity contribution in [3.05, 3.63) is 77.6 Å². The van der Waals surface area contributed by atoms with Gasteiger partial charge in [-0.05, 0) is 81.3 Å². The van der Waals surface area contributed by atoms with E-state index in [1.807, 2.05) is 58.0 Å². The minimum atomic E-state index is -0.236. The summed E-state index contributed by atoms with van der Waals surface area (Å²) in [5.74, 6) is 2.25. The summed E-state index contributed by atoms with van der Waals surface area (Å²) >= 11 is 0. The second-order valence-electron chi connectivity index (χ2n) is 7.51. The predicted octanol–water partition coefficient (Wildman–Crippen LogP) is 5.35. The Morgan fingerprint density at radius 3 is 2.06 bits per heavy atom. The van der Waals surface area contributed by atoms with Crippen molar-refractivity contribution >= 4 is 5.91 Å². The van der Waals surface area contributed by atoms with E-state index >= 15 is 0 Å². The molecule has 0 fully saturated rings. The minimum Gasteiger partial charge on any atom is -0.490 e. The number of nitrogens with zero attached hydrogens (tertiary/aromatic N) is 1. The van der Waals surface area contributed by atoms with Gasteiger partial charge < -0.3 is 24.3 Å². The third kappa shape index (κ3) is 6.63. The van der Waals surface area contributed by atoms with Crippen LogP contribution < -0.4 is 24.3 Å². The number of hydrogen-bond donors (Lipinski definition) is 1. The number of ether oxygens (including phenoxy) is 4. The van der Waals surface area contributed by atoms with E-state index in [1.165, 1.54) is 0 Å². The van der Waals surface area contributed by atoms with Gasteiger partial charge in [0.2, 0.25) is 0 Å². The van der Waals surface area contributed by atoms with Crippen molar-refractivity contribution in [3.8, 4) is 23.0 Å². The maximum atomic E-state index is 13.0. The molecule has 0 radical (unpaired) electrons. The van der Waals surface area contributed by atoms with Crippen molar-refractivity contribution in [1.29, 1.82) is 0 Å². The van der Waals surface area contributed by atoms with E-state index in [9.17, 15) is 4.79 Å². The van der Waals surface area contributed by atoms with Crippen LogP contribution in [0.4, 0.5) is 0 Å². The molecule has 1 atom stereocenters. The topological polar surface area (TPSA) is 78.9 Å². The fourth-order valence-electron chi connectivity index (χ4n) is 3.38. The second kappa shape index (κ2) is 12.5. The molecule has 7 nitrogen and oxygen atoms in total. The largest absolute Gasteiger partial charge is 0.490 e. The summed E-state index contributed by atoms with van der Waals surface area (Å²) in [4.78, 5) is 17.0. The van der Waals surface area contributed by atoms with Crippen molar-refractivity contribution in [2.75, 3.05) is 19.8 Å². The molecule has 0 aliphatic carbocycles. The van der Waals surface area contributed by atoms with Crippen molar-refractivity contribution in [3.63, 3.8) is 0 Å². The van der Waals surface area contributed by atoms with Crippen molar-refractivity contribution < 1.29 is 23.7 Å². The lowest BCUT2D eigenvalue weighted by molar-refractivity contribution is 0.0939. The first-order chi connectivity index (χ1) is 16.5. The molecule has 3 aromatic rings. The van der Waals surface area contributed by atoms with Crippen molar-refractivity contribution in [1.82, 2.24) is 10.3 Å². The Bertz CT molecular complexity index is 1070. The van der Waals surface area contributed by atoms with Crippen LogP contribution in [0.15, 0.2) is 60.9 Å². The maximum absolute atomic E-state index is 13.0. The van der Waals surface area contributed by atoms with Crippen LogP contribution in [-0.2, 0) is 6.61 Å². The molecule has 180 valence electrons. The second-order valence-corrected chi connectivity index (χ2v) is 7.51. The van der Waals surface area contributed by atoms with Crippen LogP contribution in [0.2, 0.25) is 0 Å². The monoisotopic (exact) mass is 464 g/mol. The Hall–Kier alpha value is -3.74. The van der Waals surface area contributed by atoms with Gasteiger partial charge in [-0.3, -0.25) is 9.78 Å². The molecule has 1 heterocycles. The van der Waals surface area contributed by atoms with Gasteiger partial charge in [0, 0.05) is 18.0 Å². The van der Waals surface area contributed by atoms with Crippen molar-refractivity contribution in [2.24, 2.45) is 0 Å². The summed E-state index contributed by atoms with van der Waals surface area (Å²) in [5, 5.41) is 3.04. The molecule has 2 aromatic carbocycles. The van der Waals surface area contributed by atoms with E-state index in [4.69, 9.17) is 18.9 Å². The number of rotatable bonds is 12. The molecule has 1 N–H and O–H groups in total. The van der Waals surface area contributed by atoms with Gasteiger partial charge in [0.05, 0.1) is 25.9 Å². The highest BCUT2D eigenvalue weighted by Gasteiger charge is 2.16. The molecule has 1 aromatic heterocycles. The molecule has 1 amide bonds. The highest BCUT2D eigenvalue weighted by Crippen LogP contribution is 2.32. The lowest BCUT2D eigenvalue weighted by atomic mass is 10.1. The molecule has 0 saturated carbocycles. The summed E-state index contributed by atoms with van der Waals surface area (Å²) < 4.78 is 23.0. The lowest BCUT2D eigenvalue weighted by Crippen LogP contribution is -2.26. The predicted molar refractivity (Wildman–Crippen MR) is 131 cm³/mol. The molecule has 7 heteroatoms. The van der Waals surface area contributed by atoms with Crippen LogP contribution in [0.1, 0.15) is 55.2 Å². The molecular weight excluding hydrogens is 432 g/mol. The van der Waals surface area contributed by atoms with Gasteiger partial charge in [0.1, 0.15) is 6.61 Å². The van der Waals surface area contributed by atoms with Gasteiger partial charge in [-0.15, -0.1) is 0 Å². The highest BCUT2D eigenvalue weighted by atomic mass is 16.5. The summed E-state index contributed by atoms with van der Waals surface area (Å²) in [6, 6.07) is 14.4. The fourth-order valence-corrected chi connectivity index (χ4v) is 3.38. The quantitative estimate of drug-likeness (QED) is 0.389. The number of carbonyl (C=O) groups excluding carboxylic acids is 1. The molecule has 0 bridgehead atoms. The summed E-state index contributed by atoms with van der Waals surface area (Å²) in [6.45, 7) is 9.59. The number of carbonyl (C=O) groups is 1. The van der Waals surface area contributed by atoms with E-state index in [-0.39, 0.29) is 11.9 Å². The molecule has 3 rings (SSSR count). The van der Waals surface area contributed by atoms with E-state index in [0.717, 1.165) is 11.1 Å². The van der Waals surface area contributed by atoms with Gasteiger partial charge in [0.15, 0.2) is 23.0 Å². The number of amides is 1. The molecule has 0 aliphatic heterocycles. The highest BCUT2D eigenvalue weighted by molar-refractivity contribution is 5.95. The Morgan fingerprint density at radius 2 is 1.38 bits per heavy atom. The van der Waals surface area contributed by atoms with Crippen LogP contribution in [0.25, 0.3) is 0 Å². The van der Waals surface area contributed by atoms with Crippen LogP contribution in [-0.4, -0.2) is 30.7 Å². The summed E-state index contributed by atoms with van der Waals surface area (Å²) in [5.41, 5.74) is 2.40. The SMILES string of the molecule is CCOc1ccc(C(C)NC(=O)c2ccc(OCc3ccncc3)c(OCC)c2)cc1OCC. The zero-order valence-corrected chi connectivity index (χ0v) is 20.2. The number of nitrogens with one attached hydrogen (secondary N) is 1. The zero-order valence-electron chi connectivity index (χ0n) is 20.2. The third-order valence-electron chi connectivity index (χ3n) is 5.06. The molecule has 0 spiro atoms. The molecular formula is C27H32N2O5. The standard InChI is InChI=1S/C27H32N2O5/c1-5-31-23-10-8-21(16-25(23)32-6-2)19(4)29-27(30)22-9-11-24(26(17-22)33-7-3)34-18-20-12-14-28-15-13-20/h8-17,19H,5-7,18H2,1-4H3,(H,29,30). The first-order valence-corrected chi connectivity index (χ1v) is 11.5. The lowest BCUT2D eigenvalue weighted by Gasteiger charge is -2.18. The number of aromatic nitrogens is 1. The van der Waals surface area contributed by atoms with Crippen LogP contribution >= 0.6 is 0 Å². The van der Waals surface area contributed by atoms with Gasteiger partial charge in [0.25, 0.3) is 5.91 Å². The molecule has 0 aliphatic rings. The fraction of sp³-hybridized carbons (Fsp3) is 0.333. The maximum Gasteiger partial charge on any atom is 0.251 e. The Kier molecular flexibility index (Phi) is 9.14. The van der Waals surface area contributed by atoms with E-state index < -0.39 is 0 Å². The Labute approximate surface area is 201 Å². The smallest absolute Gasteiger partial charge is 0.251 e. The van der Waals surface area contributed by atoms with Crippen molar-refractivity contribution in [2.45, 2.75) is 40.3 Å². The van der Waals surface area contributed by atoms with Crippen LogP contribution in [0.3, 0.4) is 0 Å². The van der Waals surface area contributed by atoms with E-state index in [1.54, 1.807) is 30.6 Å². The van der Waals surface area contributed by atoms with E-state index in [0.29, 0.717) is 55.0 Å². The van der Waals surface area contributed by atoms with Crippen LogP contribution in [0.5, 0.6) is 23.0 Å². The number of benzene rings is 2. The number of hydrogen-bond acceptors (Lipinski definition) is 6. The van der Waals surface area contributed by atoms with Crippen LogP contribution in [0, 0.1) is 0 Å². The average Bonchev–Trinajstić information content (AvgIpc) is 2.85. The Morgan fingerprint density at radius 1 is 0.794 bits per heavy atom. The zero-order chi connectivity index (χ0) is 24.3. The van der Waals surface area contributed by atoms with Gasteiger partial charge in [-0.1, -0.05) is 6.07 Å². The minimum absolute atomic E-state index is 0.207. The number of pyridine rings is 1. The first kappa shape index (κ1) is 24.9. The summed E-state index contributed by atoms with van der Waals surface area (Å²) in [6.07, 6.45) is 3.44. The average molecular weight is 465 g/mol. The third-order valence-corrected chi connectivity index (χ3v) is 5.06. The Balaban J connectivity index is 1.72. The molecule has 0 saturated heterocycles. The van der Waals surface area contributed by atoms with Gasteiger partial charge in [-0.25, -0.2) is 0 Å². The van der Waals surface area contributed by atoms with E-state index in [2.05, 4.69) is 10.3 Å². The molecule has 34 heavy (non-hydrogen) atoms. The normalized spacial score (nSPS) is 11.4. The van der Waals surface area contributed by atoms with Gasteiger partial charge in [-0.2, -0.15) is 0 Å². The van der Waals surface area contributed by atoms with Gasteiger partial charge >= 0.3 is 0 Å². The first-order valence-electron chi connectivity index (χ1n) is 11.5. The molecule has 1 unspecified atom stereocenters. The summed E-state index contributed by atoms with van der Waals surface area (Å²) in [7, 11) is 0.